The maximum Gasteiger partial charge on any atom is 0.407 e. The molecule has 3 atom stereocenters. The number of nitrogens with one attached hydrogen (secondary N) is 1. The predicted molar refractivity (Wildman–Crippen MR) is 64.5 cm³/mol. The van der Waals surface area contributed by atoms with Crippen LogP contribution in [0.4, 0.5) is 4.79 Å². The molecule has 2 aliphatic heterocycles. The second-order valence-electron chi connectivity index (χ2n) is 4.95. The molecule has 106 valence electrons. The van der Waals surface area contributed by atoms with Gasteiger partial charge in [-0.1, -0.05) is 0 Å². The van der Waals surface area contributed by atoms with Crippen molar-refractivity contribution in [3.05, 3.63) is 0 Å². The highest BCUT2D eigenvalue weighted by atomic mass is 16.5. The quantitative estimate of drug-likeness (QED) is 0.754. The van der Waals surface area contributed by atoms with Crippen LogP contribution in [0.25, 0.3) is 0 Å². The van der Waals surface area contributed by atoms with E-state index in [2.05, 4.69) is 10.1 Å². The summed E-state index contributed by atoms with van der Waals surface area (Å²) in [6.07, 6.45) is 2.63. The summed E-state index contributed by atoms with van der Waals surface area (Å²) in [7, 11) is 1.23. The normalized spacial score (nSPS) is 30.5. The number of ether oxygens (including phenoxy) is 1. The van der Waals surface area contributed by atoms with Crippen molar-refractivity contribution in [3.8, 4) is 0 Å². The first-order valence-corrected chi connectivity index (χ1v) is 6.44. The summed E-state index contributed by atoms with van der Waals surface area (Å²) in [6, 6.07) is -1.46. The van der Waals surface area contributed by atoms with E-state index in [1.807, 2.05) is 0 Å². The van der Waals surface area contributed by atoms with Crippen LogP contribution in [0.3, 0.4) is 0 Å². The number of fused-ring (bicyclic) bond motifs is 1. The van der Waals surface area contributed by atoms with Crippen molar-refractivity contribution in [3.63, 3.8) is 0 Å². The maximum absolute atomic E-state index is 12.4. The van der Waals surface area contributed by atoms with Gasteiger partial charge in [-0.3, -0.25) is 4.79 Å². The van der Waals surface area contributed by atoms with Crippen molar-refractivity contribution in [2.75, 3.05) is 7.11 Å². The van der Waals surface area contributed by atoms with Gasteiger partial charge in [-0.15, -0.1) is 0 Å². The van der Waals surface area contributed by atoms with Crippen molar-refractivity contribution in [2.24, 2.45) is 0 Å². The van der Waals surface area contributed by atoms with Gasteiger partial charge in [0.2, 0.25) is 5.91 Å². The number of amides is 2. The van der Waals surface area contributed by atoms with E-state index < -0.39 is 24.1 Å². The number of methoxy groups -OCH3 is 1. The minimum absolute atomic E-state index is 0.0157. The van der Waals surface area contributed by atoms with Gasteiger partial charge in [-0.2, -0.15) is 0 Å². The van der Waals surface area contributed by atoms with Crippen molar-refractivity contribution in [2.45, 2.75) is 50.2 Å². The molecule has 2 N–H and O–H groups in total. The Morgan fingerprint density at radius 2 is 2.05 bits per heavy atom. The van der Waals surface area contributed by atoms with E-state index in [4.69, 9.17) is 0 Å². The number of carbonyl (C=O) groups is 3. The third kappa shape index (κ3) is 2.64. The van der Waals surface area contributed by atoms with E-state index in [1.165, 1.54) is 12.0 Å². The second kappa shape index (κ2) is 5.46. The average Bonchev–Trinajstić information content (AvgIpc) is 2.74. The Bertz CT molecular complexity index is 398. The fourth-order valence-electron chi connectivity index (χ4n) is 2.94. The average molecular weight is 270 g/mol. The number of aliphatic carboxylic acids is 1. The highest BCUT2D eigenvalue weighted by Crippen LogP contribution is 2.31. The molecule has 7 nitrogen and oxygen atoms in total. The van der Waals surface area contributed by atoms with E-state index in [1.54, 1.807) is 0 Å². The van der Waals surface area contributed by atoms with Gasteiger partial charge in [0.25, 0.3) is 0 Å². The Hall–Kier alpha value is -1.79. The van der Waals surface area contributed by atoms with Gasteiger partial charge in [0.05, 0.1) is 7.11 Å². The van der Waals surface area contributed by atoms with E-state index in [-0.39, 0.29) is 11.9 Å². The minimum atomic E-state index is -0.977. The Labute approximate surface area is 110 Å². The molecular formula is C12H18N2O5. The van der Waals surface area contributed by atoms with Gasteiger partial charge in [0.1, 0.15) is 12.1 Å². The Morgan fingerprint density at radius 3 is 2.68 bits per heavy atom. The number of nitrogens with zero attached hydrogens (tertiary/aromatic N) is 1. The van der Waals surface area contributed by atoms with Gasteiger partial charge < -0.3 is 20.1 Å². The summed E-state index contributed by atoms with van der Waals surface area (Å²) in [5.74, 6) is -1.28. The molecule has 0 radical (unpaired) electrons. The molecule has 2 saturated heterocycles. The lowest BCUT2D eigenvalue weighted by molar-refractivity contribution is -0.150. The van der Waals surface area contributed by atoms with E-state index in [0.29, 0.717) is 19.3 Å². The first kappa shape index (κ1) is 13.6. The maximum atomic E-state index is 12.4. The molecule has 0 bridgehead atoms. The van der Waals surface area contributed by atoms with Crippen LogP contribution in [0.2, 0.25) is 0 Å². The third-order valence-electron chi connectivity index (χ3n) is 3.85. The van der Waals surface area contributed by atoms with Gasteiger partial charge in [-0.05, 0) is 32.1 Å². The van der Waals surface area contributed by atoms with Crippen molar-refractivity contribution < 1.29 is 24.2 Å². The second-order valence-corrected chi connectivity index (χ2v) is 4.95. The van der Waals surface area contributed by atoms with Gasteiger partial charge in [0.15, 0.2) is 0 Å². The number of carboxylic acids is 1. The molecule has 0 saturated carbocycles. The molecule has 2 amide bonds. The molecule has 2 fully saturated rings. The van der Waals surface area contributed by atoms with Gasteiger partial charge >= 0.3 is 12.1 Å². The van der Waals surface area contributed by atoms with Crippen LogP contribution in [0, 0.1) is 0 Å². The van der Waals surface area contributed by atoms with Gasteiger partial charge in [0, 0.05) is 6.04 Å². The highest BCUT2D eigenvalue weighted by Gasteiger charge is 2.44. The largest absolute Gasteiger partial charge is 0.480 e. The van der Waals surface area contributed by atoms with Crippen LogP contribution < -0.4 is 5.32 Å². The zero-order chi connectivity index (χ0) is 14.0. The molecule has 0 unspecified atom stereocenters. The molecule has 2 heterocycles. The number of carbonyl (C=O) groups excluding carboxylic acids is 2. The molecule has 7 heteroatoms. The number of rotatable bonds is 2. The smallest absolute Gasteiger partial charge is 0.407 e. The van der Waals surface area contributed by atoms with Crippen LogP contribution in [-0.4, -0.2) is 53.2 Å². The highest BCUT2D eigenvalue weighted by molar-refractivity contribution is 5.90. The van der Waals surface area contributed by atoms with Gasteiger partial charge in [-0.25, -0.2) is 9.59 Å². The molecule has 0 aromatic heterocycles. The van der Waals surface area contributed by atoms with Crippen molar-refractivity contribution in [1.82, 2.24) is 10.2 Å². The zero-order valence-corrected chi connectivity index (χ0v) is 10.8. The topological polar surface area (TPSA) is 95.9 Å². The first-order valence-electron chi connectivity index (χ1n) is 6.44. The Kier molecular flexibility index (Phi) is 3.92. The number of carboxylic acid groups (broad SMARTS) is 1. The van der Waals surface area contributed by atoms with E-state index in [9.17, 15) is 19.5 Å². The molecule has 0 aromatic rings. The Balaban J connectivity index is 2.15. The lowest BCUT2D eigenvalue weighted by atomic mass is 10.1. The molecule has 2 rings (SSSR count). The van der Waals surface area contributed by atoms with E-state index >= 15 is 0 Å². The van der Waals surface area contributed by atoms with Crippen LogP contribution in [0.5, 0.6) is 0 Å². The molecule has 2 aliphatic rings. The lowest BCUT2D eigenvalue weighted by Gasteiger charge is -2.28. The molecule has 0 aromatic carbocycles. The van der Waals surface area contributed by atoms with Crippen molar-refractivity contribution >= 4 is 18.0 Å². The third-order valence-corrected chi connectivity index (χ3v) is 3.85. The van der Waals surface area contributed by atoms with E-state index in [0.717, 1.165) is 12.8 Å². The zero-order valence-electron chi connectivity index (χ0n) is 10.8. The summed E-state index contributed by atoms with van der Waals surface area (Å²) < 4.78 is 4.49. The molecule has 19 heavy (non-hydrogen) atoms. The van der Waals surface area contributed by atoms with Crippen LogP contribution in [0.15, 0.2) is 0 Å². The van der Waals surface area contributed by atoms with Crippen LogP contribution >= 0.6 is 0 Å². The molecule has 0 aliphatic carbocycles. The standard InChI is InChI=1S/C12H18N2O5/c1-19-12(18)13-8-4-2-3-7-5-6-9(11(16)17)14(7)10(8)15/h7-9H,2-6H2,1H3,(H,13,18)(H,16,17)/t7-,8+,9-/m0/s1. The van der Waals surface area contributed by atoms with Crippen LogP contribution in [-0.2, 0) is 14.3 Å². The summed E-state index contributed by atoms with van der Waals surface area (Å²) >= 11 is 0. The number of hydrogen-bond acceptors (Lipinski definition) is 4. The minimum Gasteiger partial charge on any atom is -0.480 e. The Morgan fingerprint density at radius 1 is 1.32 bits per heavy atom. The molecule has 0 spiro atoms. The fraction of sp³-hybridized carbons (Fsp3) is 0.750. The summed E-state index contributed by atoms with van der Waals surface area (Å²) in [5.41, 5.74) is 0. The fourth-order valence-corrected chi connectivity index (χ4v) is 2.94. The van der Waals surface area contributed by atoms with Crippen LogP contribution in [0.1, 0.15) is 32.1 Å². The SMILES string of the molecule is COC(=O)N[C@@H]1CCC[C@H]2CC[C@@H](C(=O)O)N2C1=O. The summed E-state index contributed by atoms with van der Waals surface area (Å²) in [5, 5.41) is 11.7. The predicted octanol–water partition coefficient (Wildman–Crippen LogP) is 0.339. The van der Waals surface area contributed by atoms with Crippen molar-refractivity contribution in [1.29, 1.82) is 0 Å². The summed E-state index contributed by atoms with van der Waals surface area (Å²) in [6.45, 7) is 0. The first-order chi connectivity index (χ1) is 9.04. The number of hydrogen-bond donors (Lipinski definition) is 2. The monoisotopic (exact) mass is 270 g/mol. The lowest BCUT2D eigenvalue weighted by Crippen LogP contribution is -2.52. The summed E-state index contributed by atoms with van der Waals surface area (Å²) in [4.78, 5) is 36.2. The molecular weight excluding hydrogens is 252 g/mol. The number of alkyl carbamates (subject to hydrolysis) is 1.